The second-order valence-corrected chi connectivity index (χ2v) is 25.2. The molecule has 0 radical (unpaired) electrons. The second kappa shape index (κ2) is 35.6. The zero-order chi connectivity index (χ0) is 69.0. The number of amides is 10. The largest absolute Gasteiger partial charge is 0.415 e. The van der Waals surface area contributed by atoms with Gasteiger partial charge in [0, 0.05) is 148 Å². The summed E-state index contributed by atoms with van der Waals surface area (Å²) in [6.45, 7) is 10.4. The van der Waals surface area contributed by atoms with Crippen molar-refractivity contribution in [2.45, 2.75) is 70.4 Å². The Kier molecular flexibility index (Phi) is 26.6. The van der Waals surface area contributed by atoms with E-state index in [0.717, 1.165) is 56.5 Å². The number of likely N-dealkylation sites (N-methyl/N-ethyl adjacent to an activating group) is 1. The molecule has 8 N–H and O–H groups in total. The molecule has 0 spiro atoms. The molecule has 1 aromatic heterocycles. The van der Waals surface area contributed by atoms with Crippen LogP contribution in [0.15, 0.2) is 84.9 Å². The molecule has 0 unspecified atom stereocenters. The summed E-state index contributed by atoms with van der Waals surface area (Å²) in [6, 6.07) is 19.7. The molecule has 3 atom stereocenters. The summed E-state index contributed by atoms with van der Waals surface area (Å²) in [5.74, 6) is -2.37. The number of piperazine rings is 1. The maximum absolute atomic E-state index is 14.7. The number of H-pyrrole nitrogens is 1. The van der Waals surface area contributed by atoms with Gasteiger partial charge in [-0.05, 0) is 84.6 Å². The van der Waals surface area contributed by atoms with E-state index in [1.807, 2.05) is 69.4 Å². The van der Waals surface area contributed by atoms with Crippen molar-refractivity contribution < 1.29 is 71.6 Å². The molecule has 1 saturated heterocycles. The van der Waals surface area contributed by atoms with Gasteiger partial charge in [-0.1, -0.05) is 66.2 Å². The van der Waals surface area contributed by atoms with E-state index in [-0.39, 0.29) is 119 Å². The number of hydrogen-bond acceptors (Lipinski definition) is 17. The summed E-state index contributed by atoms with van der Waals surface area (Å²) in [5.41, 5.74) is 10.8. The number of rotatable bonds is 36. The van der Waals surface area contributed by atoms with Crippen molar-refractivity contribution >= 4 is 108 Å². The molecule has 9 rings (SSSR count). The molecule has 0 aliphatic carbocycles. The topological polar surface area (TPSA) is 335 Å². The van der Waals surface area contributed by atoms with E-state index in [2.05, 4.69) is 52.4 Å². The van der Waals surface area contributed by atoms with Crippen molar-refractivity contribution in [1.82, 2.24) is 46.3 Å². The maximum atomic E-state index is 14.7. The minimum atomic E-state index is -0.922. The molecule has 97 heavy (non-hydrogen) atoms. The summed E-state index contributed by atoms with van der Waals surface area (Å²) in [5, 5.41) is 17.3. The molecule has 10 amide bonds. The van der Waals surface area contributed by atoms with E-state index in [0.29, 0.717) is 106 Å². The highest BCUT2D eigenvalue weighted by molar-refractivity contribution is 9.09. The number of aromatic amines is 1. The number of nitrogens with one attached hydrogen (secondary N) is 6. The van der Waals surface area contributed by atoms with Crippen LogP contribution < -0.4 is 46.9 Å². The summed E-state index contributed by atoms with van der Waals surface area (Å²) in [4.78, 5) is 141. The number of nitrogens with two attached hydrogens (primary N) is 1. The average Bonchev–Trinajstić information content (AvgIpc) is 1.62. The predicted molar refractivity (Wildman–Crippen MR) is 366 cm³/mol. The average molecular weight is 1400 g/mol. The Morgan fingerprint density at radius 2 is 1.34 bits per heavy atom. The Hall–Kier alpha value is -8.64. The molecule has 0 saturated carbocycles. The van der Waals surface area contributed by atoms with E-state index in [9.17, 15) is 47.9 Å². The Bertz CT molecular complexity index is 3670. The predicted octanol–water partition coefficient (Wildman–Crippen LogP) is 4.07. The van der Waals surface area contributed by atoms with Crippen molar-refractivity contribution in [2.24, 2.45) is 11.7 Å². The highest BCUT2D eigenvalue weighted by Crippen LogP contribution is 2.47. The molecular weight excluding hydrogens is 1320 g/mol. The zero-order valence-electron chi connectivity index (χ0n) is 55.1. The molecule has 5 aromatic rings. The molecule has 0 bridgehead atoms. The van der Waals surface area contributed by atoms with Crippen LogP contribution >= 0.6 is 15.9 Å². The number of halogens is 1. The number of alkyl halides is 1. The van der Waals surface area contributed by atoms with E-state index in [4.69, 9.17) is 29.4 Å². The number of ether oxygens (including phenoxy) is 5. The van der Waals surface area contributed by atoms with Gasteiger partial charge in [0.05, 0.1) is 70.6 Å². The Balaban J connectivity index is 0.698. The van der Waals surface area contributed by atoms with Crippen LogP contribution in [0.3, 0.4) is 0 Å². The standard InChI is InChI=1S/C69H87BrN12O15/c1-44(2)64(74-23-22-72-60(85)20-31-93-33-35-95-37-38-96-36-34-94-32-24-73-59(84)19-26-81-61(86)16-17-62(81)87)65(88)77-53(9-6-21-75-68(71)91)57(83)39-45-10-12-46(13-11-45)66(89)80-25-18-48-51-40-54(76-52(51)14-15-55(48)80)67(90)82-43-47(42-70)63-50-8-5-4-7-49(50)58(41-56(63)82)97-69(92)79-29-27-78(3)28-30-79/h4-5,7-8,10-17,40-41,44,47,53,64,74,76H,6,9,18-39,42-43H2,1-3H3,(H,72,85)(H,73,84)(H,77,88)(H3,71,75,91)/t47-,53+,64+/m1/s1. The number of ketones is 1. The van der Waals surface area contributed by atoms with Crippen molar-refractivity contribution in [3.05, 3.63) is 113 Å². The van der Waals surface area contributed by atoms with Crippen molar-refractivity contribution in [3.63, 3.8) is 0 Å². The number of anilines is 2. The second-order valence-electron chi connectivity index (χ2n) is 24.5. The number of imide groups is 1. The monoisotopic (exact) mass is 1400 g/mol. The van der Waals surface area contributed by atoms with Gasteiger partial charge in [0.15, 0.2) is 5.78 Å². The number of hydrogen-bond donors (Lipinski definition) is 7. The molecule has 4 aliphatic rings. The van der Waals surface area contributed by atoms with Gasteiger partial charge in [0.25, 0.3) is 23.6 Å². The van der Waals surface area contributed by atoms with Gasteiger partial charge in [0.2, 0.25) is 17.7 Å². The van der Waals surface area contributed by atoms with Crippen molar-refractivity contribution in [2.75, 3.05) is 147 Å². The number of fused-ring (bicyclic) bond motifs is 6. The first-order chi connectivity index (χ1) is 46.9. The van der Waals surface area contributed by atoms with Crippen LogP contribution in [-0.4, -0.2) is 228 Å². The first kappa shape index (κ1) is 72.6. The van der Waals surface area contributed by atoms with Crippen LogP contribution in [0, 0.1) is 5.92 Å². The molecule has 4 aromatic carbocycles. The molecule has 1 fully saturated rings. The molecule has 27 nitrogen and oxygen atoms in total. The van der Waals surface area contributed by atoms with Crippen LogP contribution in [0.4, 0.5) is 21.0 Å². The molecular formula is C69H87BrN12O15. The number of carbonyl (C=O) groups is 10. The zero-order valence-corrected chi connectivity index (χ0v) is 56.7. The minimum absolute atomic E-state index is 0.00808. The van der Waals surface area contributed by atoms with E-state index in [1.54, 1.807) is 39.0 Å². The third kappa shape index (κ3) is 19.6. The third-order valence-electron chi connectivity index (χ3n) is 17.4. The lowest BCUT2D eigenvalue weighted by molar-refractivity contribution is -0.137. The molecule has 520 valence electrons. The van der Waals surface area contributed by atoms with Crippen LogP contribution in [0.1, 0.15) is 83.0 Å². The van der Waals surface area contributed by atoms with Crippen molar-refractivity contribution in [1.29, 1.82) is 0 Å². The third-order valence-corrected chi connectivity index (χ3v) is 18.2. The molecule has 4 aliphatic heterocycles. The number of Topliss-reactive ketones (excluding diaryl/α,β-unsaturated/α-hetero) is 1. The quantitative estimate of drug-likeness (QED) is 0.0169. The normalized spacial score (nSPS) is 15.9. The van der Waals surface area contributed by atoms with Gasteiger partial charge in [0.1, 0.15) is 11.4 Å². The highest BCUT2D eigenvalue weighted by atomic mass is 79.9. The first-order valence-electron chi connectivity index (χ1n) is 33.0. The maximum Gasteiger partial charge on any atom is 0.415 e. The lowest BCUT2D eigenvalue weighted by Crippen LogP contribution is -2.53. The van der Waals surface area contributed by atoms with Crippen LogP contribution in [0.25, 0.3) is 21.7 Å². The van der Waals surface area contributed by atoms with Gasteiger partial charge in [-0.3, -0.25) is 43.3 Å². The molecule has 28 heteroatoms. The number of carbonyl (C=O) groups excluding carboxylic acids is 10. The van der Waals surface area contributed by atoms with Crippen LogP contribution in [0.2, 0.25) is 0 Å². The lowest BCUT2D eigenvalue weighted by atomic mass is 9.95. The number of urea groups is 1. The summed E-state index contributed by atoms with van der Waals surface area (Å²) in [6.07, 6.45) is 3.10. The number of primary amides is 1. The number of nitrogens with zero attached hydrogens (tertiary/aromatic N) is 5. The van der Waals surface area contributed by atoms with E-state index >= 15 is 0 Å². The summed E-state index contributed by atoms with van der Waals surface area (Å²) in [7, 11) is 2.02. The van der Waals surface area contributed by atoms with Gasteiger partial charge < -0.3 is 80.6 Å². The smallest absolute Gasteiger partial charge is 0.409 e. The van der Waals surface area contributed by atoms with Crippen molar-refractivity contribution in [3.8, 4) is 5.75 Å². The van der Waals surface area contributed by atoms with Crippen LogP contribution in [0.5, 0.6) is 5.75 Å². The fourth-order valence-corrected chi connectivity index (χ4v) is 12.7. The van der Waals surface area contributed by atoms with Gasteiger partial charge in [-0.2, -0.15) is 0 Å². The highest BCUT2D eigenvalue weighted by Gasteiger charge is 2.37. The Labute approximate surface area is 571 Å². The minimum Gasteiger partial charge on any atom is -0.409 e. The van der Waals surface area contributed by atoms with Gasteiger partial charge in [-0.15, -0.1) is 0 Å². The summed E-state index contributed by atoms with van der Waals surface area (Å²) >= 11 is 3.71. The number of aromatic nitrogens is 1. The Morgan fingerprint density at radius 3 is 2.02 bits per heavy atom. The first-order valence-corrected chi connectivity index (χ1v) is 34.1. The Morgan fingerprint density at radius 1 is 0.680 bits per heavy atom. The van der Waals surface area contributed by atoms with Gasteiger partial charge >= 0.3 is 12.1 Å². The number of benzene rings is 4. The van der Waals surface area contributed by atoms with E-state index < -0.39 is 41.9 Å². The fraction of sp³-hybridized carbons (Fsp3) is 0.478. The van der Waals surface area contributed by atoms with Gasteiger partial charge in [-0.25, -0.2) is 9.59 Å². The molecule has 5 heterocycles. The SMILES string of the molecule is CC(C)[C@H](NCCNC(=O)CCOCCOCCOCCOCCNC(=O)CCN1C(=O)C=CC1=O)C(=O)N[C@@H](CCCNC(N)=O)C(=O)Cc1ccc(C(=O)N2CCc3c2ccc2[nH]c(C(=O)N4C[C@@H](CBr)c5c4cc(OC(=O)N4CCN(C)CC4)c4ccccc54)cc32)cc1. The lowest BCUT2D eigenvalue weighted by Gasteiger charge is -2.31. The van der Waals surface area contributed by atoms with E-state index in [1.165, 1.54) is 12.2 Å². The fourth-order valence-electron chi connectivity index (χ4n) is 12.2. The summed E-state index contributed by atoms with van der Waals surface area (Å²) < 4.78 is 28.1. The van der Waals surface area contributed by atoms with Crippen LogP contribution in [-0.2, 0) is 60.6 Å².